The van der Waals surface area contributed by atoms with Crippen LogP contribution in [0.1, 0.15) is 20.3 Å². The van der Waals surface area contributed by atoms with Crippen LogP contribution < -0.4 is 10.5 Å². The molecule has 0 aliphatic heterocycles. The average molecular weight is 290 g/mol. The van der Waals surface area contributed by atoms with Crippen molar-refractivity contribution < 1.29 is 17.9 Å². The Hall–Kier alpha value is -1.18. The molecule has 0 saturated heterocycles. The lowest BCUT2D eigenvalue weighted by atomic mass is 10.1. The molecule has 0 bridgehead atoms. The molecule has 1 aromatic rings. The van der Waals surface area contributed by atoms with Crippen LogP contribution in [0.15, 0.2) is 23.1 Å². The second-order valence-corrected chi connectivity index (χ2v) is 6.49. The van der Waals surface area contributed by atoms with E-state index in [1.165, 1.54) is 0 Å². The third-order valence-electron chi connectivity index (χ3n) is 2.56. The van der Waals surface area contributed by atoms with Gasteiger partial charge >= 0.3 is 0 Å². The maximum Gasteiger partial charge on any atom is 0.242 e. The van der Waals surface area contributed by atoms with Gasteiger partial charge in [0.15, 0.2) is 0 Å². The van der Waals surface area contributed by atoms with Crippen LogP contribution in [-0.4, -0.2) is 26.2 Å². The normalized spacial score (nSPS) is 13.7. The van der Waals surface area contributed by atoms with E-state index in [0.717, 1.165) is 18.2 Å². The Balaban J connectivity index is 2.97. The average Bonchev–Trinajstić information content (AvgIpc) is 2.26. The van der Waals surface area contributed by atoms with Crippen LogP contribution in [0.4, 0.5) is 10.1 Å². The number of aliphatic hydroxyl groups excluding tert-OH is 1. The number of nitrogens with one attached hydrogen (secondary N) is 1. The molecule has 4 N–H and O–H groups in total. The van der Waals surface area contributed by atoms with E-state index in [9.17, 15) is 17.9 Å². The SMILES string of the molecule is CC(C)CC(CO)NS(=O)(=O)c1ccc(F)cc1N. The Morgan fingerprint density at radius 1 is 1.42 bits per heavy atom. The van der Waals surface area contributed by atoms with Crippen molar-refractivity contribution in [2.75, 3.05) is 12.3 Å². The van der Waals surface area contributed by atoms with Crippen molar-refractivity contribution in [3.63, 3.8) is 0 Å². The molecule has 0 heterocycles. The molecule has 0 fully saturated rings. The Morgan fingerprint density at radius 2 is 2.05 bits per heavy atom. The van der Waals surface area contributed by atoms with Gasteiger partial charge in [-0.1, -0.05) is 13.8 Å². The molecule has 1 atom stereocenters. The van der Waals surface area contributed by atoms with Crippen molar-refractivity contribution in [2.24, 2.45) is 5.92 Å². The number of hydrogen-bond donors (Lipinski definition) is 3. The summed E-state index contributed by atoms with van der Waals surface area (Å²) in [6, 6.07) is 2.50. The minimum absolute atomic E-state index is 0.159. The van der Waals surface area contributed by atoms with Gasteiger partial charge in [0.25, 0.3) is 0 Å². The number of hydrogen-bond acceptors (Lipinski definition) is 4. The number of aliphatic hydroxyl groups is 1. The first-order chi connectivity index (χ1) is 8.76. The molecule has 0 aliphatic carbocycles. The van der Waals surface area contributed by atoms with E-state index in [2.05, 4.69) is 4.72 Å². The van der Waals surface area contributed by atoms with E-state index in [-0.39, 0.29) is 23.1 Å². The van der Waals surface area contributed by atoms with Gasteiger partial charge in [-0.25, -0.2) is 17.5 Å². The molecule has 108 valence electrons. The fraction of sp³-hybridized carbons (Fsp3) is 0.500. The summed E-state index contributed by atoms with van der Waals surface area (Å²) in [6.07, 6.45) is 0.497. The summed E-state index contributed by atoms with van der Waals surface area (Å²) >= 11 is 0. The zero-order valence-corrected chi connectivity index (χ0v) is 11.7. The summed E-state index contributed by atoms with van der Waals surface area (Å²) in [5, 5.41) is 9.18. The monoisotopic (exact) mass is 290 g/mol. The number of nitrogen functional groups attached to an aromatic ring is 1. The molecule has 19 heavy (non-hydrogen) atoms. The molecule has 0 aromatic heterocycles. The zero-order valence-electron chi connectivity index (χ0n) is 10.9. The summed E-state index contributed by atoms with van der Waals surface area (Å²) in [5.41, 5.74) is 5.35. The molecule has 0 amide bonds. The number of sulfonamides is 1. The van der Waals surface area contributed by atoms with Crippen molar-refractivity contribution in [3.8, 4) is 0 Å². The van der Waals surface area contributed by atoms with Gasteiger partial charge in [0, 0.05) is 6.04 Å². The Morgan fingerprint density at radius 3 is 2.53 bits per heavy atom. The predicted octanol–water partition coefficient (Wildman–Crippen LogP) is 1.09. The van der Waals surface area contributed by atoms with Crippen molar-refractivity contribution in [1.82, 2.24) is 4.72 Å². The van der Waals surface area contributed by atoms with Crippen molar-refractivity contribution in [1.29, 1.82) is 0 Å². The fourth-order valence-corrected chi connectivity index (χ4v) is 3.13. The number of benzene rings is 1. The smallest absolute Gasteiger partial charge is 0.242 e. The predicted molar refractivity (Wildman–Crippen MR) is 71.5 cm³/mol. The molecular formula is C12H19FN2O3S. The Labute approximate surface area is 112 Å². The van der Waals surface area contributed by atoms with Crippen LogP contribution in [0.2, 0.25) is 0 Å². The van der Waals surface area contributed by atoms with Crippen LogP contribution in [0.3, 0.4) is 0 Å². The van der Waals surface area contributed by atoms with Gasteiger partial charge in [0.2, 0.25) is 10.0 Å². The van der Waals surface area contributed by atoms with Gasteiger partial charge in [-0.05, 0) is 30.5 Å². The summed E-state index contributed by atoms with van der Waals surface area (Å²) in [5.74, 6) is -0.372. The third-order valence-corrected chi connectivity index (χ3v) is 4.15. The second kappa shape index (κ2) is 6.31. The maximum absolute atomic E-state index is 12.9. The third kappa shape index (κ3) is 4.45. The molecule has 7 heteroatoms. The minimum atomic E-state index is -3.87. The van der Waals surface area contributed by atoms with Crippen LogP contribution in [0.25, 0.3) is 0 Å². The molecule has 5 nitrogen and oxygen atoms in total. The standard InChI is InChI=1S/C12H19FN2O3S/c1-8(2)5-10(7-16)15-19(17,18)12-4-3-9(13)6-11(12)14/h3-4,6,8,10,15-16H,5,7,14H2,1-2H3. The molecule has 1 unspecified atom stereocenters. The van der Waals surface area contributed by atoms with Gasteiger partial charge in [-0.2, -0.15) is 0 Å². The molecule has 0 saturated carbocycles. The molecule has 0 spiro atoms. The Bertz CT molecular complexity index is 532. The van der Waals surface area contributed by atoms with Crippen LogP contribution in [-0.2, 0) is 10.0 Å². The van der Waals surface area contributed by atoms with Crippen LogP contribution >= 0.6 is 0 Å². The highest BCUT2D eigenvalue weighted by atomic mass is 32.2. The van der Waals surface area contributed by atoms with Crippen molar-refractivity contribution in [3.05, 3.63) is 24.0 Å². The van der Waals surface area contributed by atoms with Gasteiger partial charge < -0.3 is 10.8 Å². The molecule has 1 rings (SSSR count). The lowest BCUT2D eigenvalue weighted by molar-refractivity contribution is 0.240. The van der Waals surface area contributed by atoms with Crippen LogP contribution in [0, 0.1) is 11.7 Å². The number of halogens is 1. The van der Waals surface area contributed by atoms with E-state index in [1.54, 1.807) is 0 Å². The summed E-state index contributed by atoms with van der Waals surface area (Å²) in [6.45, 7) is 3.53. The highest BCUT2D eigenvalue weighted by Crippen LogP contribution is 2.20. The summed E-state index contributed by atoms with van der Waals surface area (Å²) < 4.78 is 39.5. The topological polar surface area (TPSA) is 92.4 Å². The zero-order chi connectivity index (χ0) is 14.6. The summed E-state index contributed by atoms with van der Waals surface area (Å²) in [7, 11) is -3.87. The first-order valence-electron chi connectivity index (χ1n) is 5.94. The Kier molecular flexibility index (Phi) is 5.28. The van der Waals surface area contributed by atoms with Gasteiger partial charge in [-0.15, -0.1) is 0 Å². The van der Waals surface area contributed by atoms with Crippen LogP contribution in [0.5, 0.6) is 0 Å². The first-order valence-corrected chi connectivity index (χ1v) is 7.42. The van der Waals surface area contributed by atoms with Crippen molar-refractivity contribution in [2.45, 2.75) is 31.2 Å². The lowest BCUT2D eigenvalue weighted by Gasteiger charge is -2.18. The van der Waals surface area contributed by atoms with E-state index in [1.807, 2.05) is 13.8 Å². The maximum atomic E-state index is 12.9. The summed E-state index contributed by atoms with van der Waals surface area (Å²) in [4.78, 5) is -0.184. The molecule has 0 radical (unpaired) electrons. The largest absolute Gasteiger partial charge is 0.398 e. The van der Waals surface area contributed by atoms with E-state index >= 15 is 0 Å². The molecular weight excluding hydrogens is 271 g/mol. The number of rotatable bonds is 6. The lowest BCUT2D eigenvalue weighted by Crippen LogP contribution is -2.38. The quantitative estimate of drug-likeness (QED) is 0.684. The van der Waals surface area contributed by atoms with E-state index in [0.29, 0.717) is 6.42 Å². The van der Waals surface area contributed by atoms with Gasteiger partial charge in [0.1, 0.15) is 10.7 Å². The van der Waals surface area contributed by atoms with Gasteiger partial charge in [0.05, 0.1) is 12.3 Å². The highest BCUT2D eigenvalue weighted by molar-refractivity contribution is 7.89. The first kappa shape index (κ1) is 15.9. The van der Waals surface area contributed by atoms with E-state index in [4.69, 9.17) is 5.73 Å². The van der Waals surface area contributed by atoms with E-state index < -0.39 is 21.9 Å². The molecule has 0 aliphatic rings. The fourth-order valence-electron chi connectivity index (χ4n) is 1.78. The van der Waals surface area contributed by atoms with Crippen molar-refractivity contribution >= 4 is 15.7 Å². The molecule has 1 aromatic carbocycles. The highest BCUT2D eigenvalue weighted by Gasteiger charge is 2.22. The minimum Gasteiger partial charge on any atom is -0.398 e. The number of anilines is 1. The second-order valence-electron chi connectivity index (χ2n) is 4.81. The van der Waals surface area contributed by atoms with Gasteiger partial charge in [-0.3, -0.25) is 0 Å². The number of nitrogens with two attached hydrogens (primary N) is 1.